The highest BCUT2D eigenvalue weighted by molar-refractivity contribution is 7.86. The van der Waals surface area contributed by atoms with Gasteiger partial charge in [-0.25, -0.2) is 0 Å². The van der Waals surface area contributed by atoms with Crippen molar-refractivity contribution in [1.82, 2.24) is 8.61 Å². The summed E-state index contributed by atoms with van der Waals surface area (Å²) < 4.78 is 28.2. The van der Waals surface area contributed by atoms with Gasteiger partial charge in [-0.1, -0.05) is 20.3 Å². The first kappa shape index (κ1) is 16.7. The van der Waals surface area contributed by atoms with Crippen molar-refractivity contribution in [3.05, 3.63) is 0 Å². The van der Waals surface area contributed by atoms with Gasteiger partial charge in [0.25, 0.3) is 10.2 Å². The maximum absolute atomic E-state index is 12.7. The third-order valence-corrected chi connectivity index (χ3v) is 7.19. The van der Waals surface area contributed by atoms with Crippen LogP contribution >= 0.6 is 0 Å². The molecule has 2 fully saturated rings. The van der Waals surface area contributed by atoms with E-state index < -0.39 is 22.2 Å². The van der Waals surface area contributed by atoms with Gasteiger partial charge in [0.2, 0.25) is 0 Å². The Balaban J connectivity index is 2.12. The van der Waals surface area contributed by atoms with Gasteiger partial charge < -0.3 is 5.11 Å². The SMILES string of the molecule is CCC1(C)CCN(S(=O)(=O)N2CCCCC2C(=O)O)CC1. The van der Waals surface area contributed by atoms with Gasteiger partial charge in [0.05, 0.1) is 0 Å². The Kier molecular flexibility index (Phi) is 4.95. The first-order valence-corrected chi connectivity index (χ1v) is 9.19. The Morgan fingerprint density at radius 1 is 1.24 bits per heavy atom. The van der Waals surface area contributed by atoms with Crippen LogP contribution < -0.4 is 0 Å². The lowest BCUT2D eigenvalue weighted by molar-refractivity contribution is -0.142. The molecule has 0 saturated carbocycles. The summed E-state index contributed by atoms with van der Waals surface area (Å²) in [6, 6.07) is -0.900. The minimum absolute atomic E-state index is 0.208. The van der Waals surface area contributed by atoms with Crippen molar-refractivity contribution < 1.29 is 18.3 Å². The van der Waals surface area contributed by atoms with Gasteiger partial charge in [0.15, 0.2) is 0 Å². The van der Waals surface area contributed by atoms with Crippen LogP contribution in [0, 0.1) is 5.41 Å². The van der Waals surface area contributed by atoms with E-state index in [2.05, 4.69) is 13.8 Å². The minimum Gasteiger partial charge on any atom is -0.480 e. The van der Waals surface area contributed by atoms with E-state index >= 15 is 0 Å². The van der Waals surface area contributed by atoms with Crippen molar-refractivity contribution in [3.63, 3.8) is 0 Å². The van der Waals surface area contributed by atoms with Crippen LogP contribution in [-0.2, 0) is 15.0 Å². The Labute approximate surface area is 127 Å². The van der Waals surface area contributed by atoms with Crippen LogP contribution in [-0.4, -0.2) is 53.8 Å². The molecule has 1 unspecified atom stereocenters. The lowest BCUT2D eigenvalue weighted by Crippen LogP contribution is -2.55. The van der Waals surface area contributed by atoms with Crippen molar-refractivity contribution in [2.75, 3.05) is 19.6 Å². The molecule has 6 nitrogen and oxygen atoms in total. The number of carboxylic acids is 1. The van der Waals surface area contributed by atoms with E-state index in [1.165, 1.54) is 8.61 Å². The number of carbonyl (C=O) groups is 1. The second-order valence-corrected chi connectivity index (χ2v) is 8.41. The monoisotopic (exact) mass is 318 g/mol. The molecule has 0 amide bonds. The summed E-state index contributed by atoms with van der Waals surface area (Å²) in [5.74, 6) is -1.03. The van der Waals surface area contributed by atoms with Crippen molar-refractivity contribution in [3.8, 4) is 0 Å². The van der Waals surface area contributed by atoms with Crippen LogP contribution in [0.4, 0.5) is 0 Å². The molecule has 0 aromatic rings. The maximum Gasteiger partial charge on any atom is 0.322 e. The van der Waals surface area contributed by atoms with Gasteiger partial charge in [0, 0.05) is 19.6 Å². The van der Waals surface area contributed by atoms with Crippen molar-refractivity contribution in [2.45, 2.75) is 58.4 Å². The van der Waals surface area contributed by atoms with Crippen LogP contribution in [0.2, 0.25) is 0 Å². The second-order valence-electron chi connectivity index (χ2n) is 6.53. The van der Waals surface area contributed by atoms with E-state index in [0.29, 0.717) is 26.1 Å². The number of aliphatic carboxylic acids is 1. The molecule has 7 heteroatoms. The molecule has 1 N–H and O–H groups in total. The molecular formula is C14H26N2O4S. The maximum atomic E-state index is 12.7. The molecule has 2 aliphatic rings. The zero-order valence-corrected chi connectivity index (χ0v) is 13.7. The van der Waals surface area contributed by atoms with E-state index in [1.54, 1.807) is 0 Å². The molecule has 0 aliphatic carbocycles. The minimum atomic E-state index is -3.65. The summed E-state index contributed by atoms with van der Waals surface area (Å²) in [5, 5.41) is 9.27. The first-order valence-electron chi connectivity index (χ1n) is 7.80. The molecule has 2 saturated heterocycles. The smallest absolute Gasteiger partial charge is 0.322 e. The van der Waals surface area contributed by atoms with Crippen LogP contribution in [0.15, 0.2) is 0 Å². The molecule has 2 heterocycles. The highest BCUT2D eigenvalue weighted by Gasteiger charge is 2.42. The normalized spacial score (nSPS) is 28.4. The predicted molar refractivity (Wildman–Crippen MR) is 80.1 cm³/mol. The van der Waals surface area contributed by atoms with Crippen molar-refractivity contribution in [1.29, 1.82) is 0 Å². The number of nitrogens with zero attached hydrogens (tertiary/aromatic N) is 2. The quantitative estimate of drug-likeness (QED) is 0.855. The van der Waals surface area contributed by atoms with Crippen molar-refractivity contribution >= 4 is 16.2 Å². The van der Waals surface area contributed by atoms with Crippen LogP contribution in [0.1, 0.15) is 52.4 Å². The Hall–Kier alpha value is -0.660. The fourth-order valence-corrected chi connectivity index (χ4v) is 5.00. The third kappa shape index (κ3) is 3.40. The predicted octanol–water partition coefficient (Wildman–Crippen LogP) is 1.68. The summed E-state index contributed by atoms with van der Waals surface area (Å²) in [6.45, 7) is 5.64. The number of carboxylic acid groups (broad SMARTS) is 1. The molecular weight excluding hydrogens is 292 g/mol. The van der Waals surface area contributed by atoms with Gasteiger partial charge in [-0.3, -0.25) is 4.79 Å². The molecule has 2 rings (SSSR count). The highest BCUT2D eigenvalue weighted by atomic mass is 32.2. The lowest BCUT2D eigenvalue weighted by Gasteiger charge is -2.41. The van der Waals surface area contributed by atoms with Gasteiger partial charge in [-0.2, -0.15) is 17.0 Å². The van der Waals surface area contributed by atoms with Gasteiger partial charge in [0.1, 0.15) is 6.04 Å². The summed E-state index contributed by atoms with van der Waals surface area (Å²) >= 11 is 0. The Morgan fingerprint density at radius 3 is 2.38 bits per heavy atom. The summed E-state index contributed by atoms with van der Waals surface area (Å²) in [7, 11) is -3.65. The zero-order chi connectivity index (χ0) is 15.7. The molecule has 122 valence electrons. The molecule has 0 aromatic heterocycles. The van der Waals surface area contributed by atoms with Crippen molar-refractivity contribution in [2.24, 2.45) is 5.41 Å². The fraction of sp³-hybridized carbons (Fsp3) is 0.929. The second kappa shape index (κ2) is 6.22. The number of hydrogen-bond donors (Lipinski definition) is 1. The van der Waals surface area contributed by atoms with Crippen LogP contribution in [0.3, 0.4) is 0 Å². The van der Waals surface area contributed by atoms with Crippen LogP contribution in [0.5, 0.6) is 0 Å². The van der Waals surface area contributed by atoms with E-state index in [-0.39, 0.29) is 5.41 Å². The standard InChI is InChI=1S/C14H26N2O4S/c1-3-14(2)7-10-15(11-8-14)21(19,20)16-9-5-4-6-12(16)13(17)18/h12H,3-11H2,1-2H3,(H,17,18). The molecule has 0 spiro atoms. The third-order valence-electron chi connectivity index (χ3n) is 5.14. The largest absolute Gasteiger partial charge is 0.480 e. The highest BCUT2D eigenvalue weighted by Crippen LogP contribution is 2.36. The molecule has 1 atom stereocenters. The average Bonchev–Trinajstić information content (AvgIpc) is 2.47. The van der Waals surface area contributed by atoms with Gasteiger partial charge >= 0.3 is 5.97 Å². The average molecular weight is 318 g/mol. The summed E-state index contributed by atoms with van der Waals surface area (Å²) in [6.07, 6.45) is 4.65. The van der Waals surface area contributed by atoms with Gasteiger partial charge in [-0.05, 0) is 37.5 Å². The van der Waals surface area contributed by atoms with E-state index in [9.17, 15) is 18.3 Å². The van der Waals surface area contributed by atoms with Gasteiger partial charge in [-0.15, -0.1) is 0 Å². The number of rotatable bonds is 4. The number of piperidine rings is 2. The fourth-order valence-electron chi connectivity index (χ4n) is 3.19. The summed E-state index contributed by atoms with van der Waals surface area (Å²) in [4.78, 5) is 11.3. The topological polar surface area (TPSA) is 77.9 Å². The number of hydrogen-bond acceptors (Lipinski definition) is 3. The molecule has 21 heavy (non-hydrogen) atoms. The zero-order valence-electron chi connectivity index (χ0n) is 12.9. The molecule has 2 aliphatic heterocycles. The van der Waals surface area contributed by atoms with E-state index in [4.69, 9.17) is 0 Å². The molecule has 0 radical (unpaired) electrons. The molecule has 0 aromatic carbocycles. The lowest BCUT2D eigenvalue weighted by atomic mass is 9.79. The van der Waals surface area contributed by atoms with E-state index in [0.717, 1.165) is 32.1 Å². The van der Waals surface area contributed by atoms with E-state index in [1.807, 2.05) is 0 Å². The Morgan fingerprint density at radius 2 is 1.86 bits per heavy atom. The van der Waals surface area contributed by atoms with Crippen LogP contribution in [0.25, 0.3) is 0 Å². The summed E-state index contributed by atoms with van der Waals surface area (Å²) in [5.41, 5.74) is 0.208. The Bertz CT molecular complexity index is 483. The molecule has 0 bridgehead atoms. The first-order chi connectivity index (χ1) is 9.80.